The van der Waals surface area contributed by atoms with Gasteiger partial charge < -0.3 is 9.47 Å². The molecule has 1 aliphatic heterocycles. The molecular formula is C26H19Cl2NO5S. The maximum absolute atomic E-state index is 13.0. The summed E-state index contributed by atoms with van der Waals surface area (Å²) in [6.45, 7) is 2.12. The van der Waals surface area contributed by atoms with E-state index in [0.717, 1.165) is 16.7 Å². The SMILES string of the molecule is CCOc1cc(/C=C2\SC(=O)N(Cc3c(Cl)cccc3Cl)C2=O)ccc1OC(=O)c1ccccc1. The highest BCUT2D eigenvalue weighted by molar-refractivity contribution is 8.18. The molecule has 0 aliphatic carbocycles. The van der Waals surface area contributed by atoms with Gasteiger partial charge in [-0.3, -0.25) is 14.5 Å². The molecule has 1 saturated heterocycles. The van der Waals surface area contributed by atoms with E-state index in [0.29, 0.717) is 39.1 Å². The zero-order chi connectivity index (χ0) is 24.9. The smallest absolute Gasteiger partial charge is 0.343 e. The van der Waals surface area contributed by atoms with Crippen LogP contribution in [0.5, 0.6) is 11.5 Å². The van der Waals surface area contributed by atoms with Crippen molar-refractivity contribution in [1.82, 2.24) is 4.90 Å². The fourth-order valence-corrected chi connectivity index (χ4v) is 4.68. The Morgan fingerprint density at radius 1 is 0.971 bits per heavy atom. The molecule has 0 radical (unpaired) electrons. The Labute approximate surface area is 216 Å². The van der Waals surface area contributed by atoms with Crippen LogP contribution in [0.25, 0.3) is 6.08 Å². The molecule has 2 amide bonds. The number of esters is 1. The summed E-state index contributed by atoms with van der Waals surface area (Å²) in [6, 6.07) is 18.5. The third-order valence-electron chi connectivity index (χ3n) is 5.03. The minimum absolute atomic E-state index is 0.0287. The third kappa shape index (κ3) is 5.70. The molecule has 1 heterocycles. The molecule has 3 aromatic carbocycles. The van der Waals surface area contributed by atoms with E-state index in [2.05, 4.69) is 0 Å². The first-order valence-corrected chi connectivity index (χ1v) is 12.2. The van der Waals surface area contributed by atoms with Gasteiger partial charge in [0.25, 0.3) is 11.1 Å². The topological polar surface area (TPSA) is 72.9 Å². The van der Waals surface area contributed by atoms with Crippen LogP contribution in [-0.4, -0.2) is 28.6 Å². The van der Waals surface area contributed by atoms with Crippen LogP contribution >= 0.6 is 35.0 Å². The van der Waals surface area contributed by atoms with Crippen molar-refractivity contribution < 1.29 is 23.9 Å². The van der Waals surface area contributed by atoms with Crippen LogP contribution in [0.1, 0.15) is 28.4 Å². The summed E-state index contributed by atoms with van der Waals surface area (Å²) in [7, 11) is 0. The Morgan fingerprint density at radius 3 is 2.37 bits per heavy atom. The Balaban J connectivity index is 1.56. The predicted octanol–water partition coefficient (Wildman–Crippen LogP) is 6.85. The molecule has 178 valence electrons. The van der Waals surface area contributed by atoms with Crippen LogP contribution in [-0.2, 0) is 11.3 Å². The molecule has 0 N–H and O–H groups in total. The lowest BCUT2D eigenvalue weighted by molar-refractivity contribution is -0.123. The van der Waals surface area contributed by atoms with Gasteiger partial charge in [-0.25, -0.2) is 4.79 Å². The Bertz CT molecular complexity index is 1310. The van der Waals surface area contributed by atoms with Gasteiger partial charge in [0, 0.05) is 15.6 Å². The van der Waals surface area contributed by atoms with Crippen molar-refractivity contribution in [3.05, 3.63) is 98.4 Å². The molecule has 6 nitrogen and oxygen atoms in total. The number of amides is 2. The monoisotopic (exact) mass is 527 g/mol. The molecule has 0 spiro atoms. The lowest BCUT2D eigenvalue weighted by Gasteiger charge is -2.14. The highest BCUT2D eigenvalue weighted by atomic mass is 35.5. The molecule has 1 fully saturated rings. The average Bonchev–Trinajstić information content (AvgIpc) is 3.10. The molecule has 1 aliphatic rings. The predicted molar refractivity (Wildman–Crippen MR) is 137 cm³/mol. The van der Waals surface area contributed by atoms with Crippen LogP contribution in [0.15, 0.2) is 71.6 Å². The van der Waals surface area contributed by atoms with E-state index in [9.17, 15) is 14.4 Å². The van der Waals surface area contributed by atoms with E-state index in [4.69, 9.17) is 32.7 Å². The van der Waals surface area contributed by atoms with Crippen molar-refractivity contribution >= 4 is 58.2 Å². The van der Waals surface area contributed by atoms with Gasteiger partial charge in [0.2, 0.25) is 0 Å². The maximum Gasteiger partial charge on any atom is 0.343 e. The zero-order valence-electron chi connectivity index (χ0n) is 18.5. The largest absolute Gasteiger partial charge is 0.490 e. The lowest BCUT2D eigenvalue weighted by Crippen LogP contribution is -2.27. The molecule has 0 unspecified atom stereocenters. The highest BCUT2D eigenvalue weighted by Gasteiger charge is 2.35. The molecular weight excluding hydrogens is 509 g/mol. The number of rotatable bonds is 7. The molecule has 0 bridgehead atoms. The van der Waals surface area contributed by atoms with Gasteiger partial charge >= 0.3 is 5.97 Å². The second kappa shape index (κ2) is 11.0. The van der Waals surface area contributed by atoms with Crippen molar-refractivity contribution in [3.8, 4) is 11.5 Å². The minimum Gasteiger partial charge on any atom is -0.490 e. The number of imide groups is 1. The van der Waals surface area contributed by atoms with E-state index < -0.39 is 17.1 Å². The van der Waals surface area contributed by atoms with Crippen molar-refractivity contribution in [2.24, 2.45) is 0 Å². The zero-order valence-corrected chi connectivity index (χ0v) is 20.8. The van der Waals surface area contributed by atoms with E-state index >= 15 is 0 Å². The summed E-state index contributed by atoms with van der Waals surface area (Å²) in [5.74, 6) is -0.376. The summed E-state index contributed by atoms with van der Waals surface area (Å²) in [4.78, 5) is 39.3. The van der Waals surface area contributed by atoms with Crippen molar-refractivity contribution in [3.63, 3.8) is 0 Å². The molecule has 9 heteroatoms. The minimum atomic E-state index is -0.515. The van der Waals surface area contributed by atoms with E-state index in [1.807, 2.05) is 6.07 Å². The lowest BCUT2D eigenvalue weighted by atomic mass is 10.1. The highest BCUT2D eigenvalue weighted by Crippen LogP contribution is 2.37. The van der Waals surface area contributed by atoms with Crippen LogP contribution in [0.2, 0.25) is 10.0 Å². The van der Waals surface area contributed by atoms with Crippen molar-refractivity contribution in [2.45, 2.75) is 13.5 Å². The van der Waals surface area contributed by atoms with E-state index in [-0.39, 0.29) is 17.2 Å². The summed E-state index contributed by atoms with van der Waals surface area (Å²) in [5.41, 5.74) is 1.52. The fraction of sp³-hybridized carbons (Fsp3) is 0.115. The standard InChI is InChI=1S/C26H19Cl2NO5S/c1-2-33-22-13-16(11-12-21(22)34-25(31)17-7-4-3-5-8-17)14-23-24(30)29(26(32)35-23)15-18-19(27)9-6-10-20(18)28/h3-14H,2,15H2,1H3/b23-14-. The van der Waals surface area contributed by atoms with Gasteiger partial charge in [0.1, 0.15) is 0 Å². The molecule has 0 atom stereocenters. The van der Waals surface area contributed by atoms with E-state index in [1.54, 1.807) is 73.7 Å². The molecule has 0 saturated carbocycles. The quantitative estimate of drug-likeness (QED) is 0.190. The Kier molecular flexibility index (Phi) is 7.80. The molecule has 4 rings (SSSR count). The number of hydrogen-bond acceptors (Lipinski definition) is 6. The van der Waals surface area contributed by atoms with E-state index in [1.165, 1.54) is 0 Å². The first-order chi connectivity index (χ1) is 16.9. The summed E-state index contributed by atoms with van der Waals surface area (Å²) in [6.07, 6.45) is 1.59. The number of carbonyl (C=O) groups excluding carboxylic acids is 3. The Morgan fingerprint density at radius 2 is 1.69 bits per heavy atom. The summed E-state index contributed by atoms with van der Waals surface area (Å²) in [5, 5.41) is 0.334. The number of ether oxygens (including phenoxy) is 2. The number of carbonyl (C=O) groups is 3. The summed E-state index contributed by atoms with van der Waals surface area (Å²) < 4.78 is 11.2. The van der Waals surface area contributed by atoms with Gasteiger partial charge in [-0.15, -0.1) is 0 Å². The summed E-state index contributed by atoms with van der Waals surface area (Å²) >= 11 is 13.2. The molecule has 0 aromatic heterocycles. The number of halogens is 2. The van der Waals surface area contributed by atoms with Crippen LogP contribution in [0, 0.1) is 0 Å². The molecule has 3 aromatic rings. The van der Waals surface area contributed by atoms with Crippen LogP contribution in [0.3, 0.4) is 0 Å². The van der Waals surface area contributed by atoms with Gasteiger partial charge in [-0.2, -0.15) is 0 Å². The number of nitrogens with zero attached hydrogens (tertiary/aromatic N) is 1. The maximum atomic E-state index is 13.0. The van der Waals surface area contributed by atoms with Crippen molar-refractivity contribution in [1.29, 1.82) is 0 Å². The van der Waals surface area contributed by atoms with Gasteiger partial charge in [-0.05, 0) is 66.7 Å². The molecule has 35 heavy (non-hydrogen) atoms. The first kappa shape index (κ1) is 24.9. The normalized spacial score (nSPS) is 14.5. The third-order valence-corrected chi connectivity index (χ3v) is 6.64. The second-order valence-electron chi connectivity index (χ2n) is 7.36. The van der Waals surface area contributed by atoms with Crippen molar-refractivity contribution in [2.75, 3.05) is 6.61 Å². The number of benzene rings is 3. The van der Waals surface area contributed by atoms with Crippen LogP contribution < -0.4 is 9.47 Å². The number of thioether (sulfide) groups is 1. The number of hydrogen-bond donors (Lipinski definition) is 0. The van der Waals surface area contributed by atoms with Gasteiger partial charge in [0.05, 0.1) is 23.6 Å². The first-order valence-electron chi connectivity index (χ1n) is 10.6. The van der Waals surface area contributed by atoms with Gasteiger partial charge in [0.15, 0.2) is 11.5 Å². The average molecular weight is 528 g/mol. The fourth-order valence-electron chi connectivity index (χ4n) is 3.33. The van der Waals surface area contributed by atoms with Crippen LogP contribution in [0.4, 0.5) is 4.79 Å². The second-order valence-corrected chi connectivity index (χ2v) is 9.17. The van der Waals surface area contributed by atoms with Gasteiger partial charge in [-0.1, -0.05) is 53.5 Å². The Hall–Kier alpha value is -3.26.